The van der Waals surface area contributed by atoms with Crippen molar-refractivity contribution in [3.05, 3.63) is 122 Å². The molecule has 0 spiro atoms. The predicted octanol–water partition coefficient (Wildman–Crippen LogP) is 8.16. The van der Waals surface area contributed by atoms with Crippen LogP contribution in [0.1, 0.15) is 21.7 Å². The summed E-state index contributed by atoms with van der Waals surface area (Å²) in [5, 5.41) is 1.10. The van der Waals surface area contributed by atoms with E-state index in [2.05, 4.69) is 0 Å². The zero-order valence-corrected chi connectivity index (χ0v) is 21.6. The van der Waals surface area contributed by atoms with Crippen LogP contribution in [-0.4, -0.2) is 19.0 Å². The Bertz CT molecular complexity index is 1590. The van der Waals surface area contributed by atoms with Gasteiger partial charge in [0.1, 0.15) is 11.5 Å². The number of amides is 1. The van der Waals surface area contributed by atoms with Gasteiger partial charge in [0.25, 0.3) is 5.91 Å². The molecule has 184 valence electrons. The Morgan fingerprint density at radius 3 is 2.35 bits per heavy atom. The number of nitrogens with zero attached hydrogens (tertiary/aromatic N) is 1. The molecule has 0 bridgehead atoms. The van der Waals surface area contributed by atoms with Crippen LogP contribution in [0.2, 0.25) is 15.1 Å². The maximum absolute atomic E-state index is 13.7. The van der Waals surface area contributed by atoms with Crippen LogP contribution in [0, 0.1) is 0 Å². The Balaban J connectivity index is 1.56. The van der Waals surface area contributed by atoms with E-state index in [4.69, 9.17) is 44.0 Å². The molecule has 4 aromatic rings. The highest BCUT2D eigenvalue weighted by atomic mass is 35.5. The van der Waals surface area contributed by atoms with E-state index < -0.39 is 5.97 Å². The van der Waals surface area contributed by atoms with Crippen LogP contribution in [0.4, 0.5) is 5.69 Å². The van der Waals surface area contributed by atoms with Crippen LogP contribution >= 0.6 is 34.8 Å². The summed E-state index contributed by atoms with van der Waals surface area (Å²) in [4.78, 5) is 27.4. The fourth-order valence-electron chi connectivity index (χ4n) is 4.00. The second-order valence-electron chi connectivity index (χ2n) is 8.12. The average Bonchev–Trinajstić information content (AvgIpc) is 3.51. The van der Waals surface area contributed by atoms with Gasteiger partial charge in [0, 0.05) is 11.1 Å². The first-order valence-corrected chi connectivity index (χ1v) is 12.3. The standard InChI is InChI=1S/C29H18Cl3NO4/c1-36-29(35)22-16-20(8-11-23(22)30)33-26(17-5-3-2-4-6-17)15-19(28(33)34)13-21-9-12-27(37-21)18-7-10-24(31)25(32)14-18/h2-16H,1H3/b19-13+. The Labute approximate surface area is 228 Å². The lowest BCUT2D eigenvalue weighted by Gasteiger charge is -2.21. The Morgan fingerprint density at radius 2 is 1.62 bits per heavy atom. The smallest absolute Gasteiger partial charge is 0.339 e. The van der Waals surface area contributed by atoms with Gasteiger partial charge in [0.15, 0.2) is 0 Å². The van der Waals surface area contributed by atoms with Gasteiger partial charge in [0.2, 0.25) is 0 Å². The van der Waals surface area contributed by atoms with Crippen molar-refractivity contribution in [2.45, 2.75) is 0 Å². The molecule has 0 radical (unpaired) electrons. The van der Waals surface area contributed by atoms with Crippen molar-refractivity contribution in [1.82, 2.24) is 0 Å². The molecule has 0 N–H and O–H groups in total. The van der Waals surface area contributed by atoms with Crippen molar-refractivity contribution < 1.29 is 18.7 Å². The van der Waals surface area contributed by atoms with Crippen molar-refractivity contribution in [2.24, 2.45) is 0 Å². The van der Waals surface area contributed by atoms with Crippen LogP contribution in [0.3, 0.4) is 0 Å². The van der Waals surface area contributed by atoms with Gasteiger partial charge in [-0.05, 0) is 66.2 Å². The normalized spacial score (nSPS) is 14.3. The average molecular weight is 551 g/mol. The van der Waals surface area contributed by atoms with Gasteiger partial charge in [-0.2, -0.15) is 0 Å². The minimum Gasteiger partial charge on any atom is -0.465 e. The lowest BCUT2D eigenvalue weighted by molar-refractivity contribution is -0.113. The van der Waals surface area contributed by atoms with Crippen molar-refractivity contribution in [1.29, 1.82) is 0 Å². The monoisotopic (exact) mass is 549 g/mol. The lowest BCUT2D eigenvalue weighted by Crippen LogP contribution is -2.25. The number of esters is 1. The first-order valence-electron chi connectivity index (χ1n) is 11.1. The fraction of sp³-hybridized carbons (Fsp3) is 0.0345. The number of carbonyl (C=O) groups excluding carboxylic acids is 2. The van der Waals surface area contributed by atoms with Gasteiger partial charge < -0.3 is 9.15 Å². The number of furan rings is 1. The summed E-state index contributed by atoms with van der Waals surface area (Å²) >= 11 is 18.4. The predicted molar refractivity (Wildman–Crippen MR) is 147 cm³/mol. The largest absolute Gasteiger partial charge is 0.465 e. The van der Waals surface area contributed by atoms with E-state index in [0.29, 0.717) is 38.5 Å². The fourth-order valence-corrected chi connectivity index (χ4v) is 4.49. The van der Waals surface area contributed by atoms with Crippen LogP contribution in [0.25, 0.3) is 23.1 Å². The van der Waals surface area contributed by atoms with Gasteiger partial charge in [0.05, 0.1) is 39.1 Å². The van der Waals surface area contributed by atoms with Crippen LogP contribution < -0.4 is 4.90 Å². The topological polar surface area (TPSA) is 59.8 Å². The summed E-state index contributed by atoms with van der Waals surface area (Å²) in [6, 6.07) is 23.1. The molecule has 5 nitrogen and oxygen atoms in total. The molecular weight excluding hydrogens is 533 g/mol. The highest BCUT2D eigenvalue weighted by Crippen LogP contribution is 2.37. The Hall–Kier alpha value is -3.77. The molecule has 0 fully saturated rings. The molecule has 2 heterocycles. The third kappa shape index (κ3) is 4.94. The minimum absolute atomic E-state index is 0.164. The van der Waals surface area contributed by atoms with Gasteiger partial charge in [-0.15, -0.1) is 0 Å². The molecule has 0 atom stereocenters. The summed E-state index contributed by atoms with van der Waals surface area (Å²) < 4.78 is 10.8. The second-order valence-corrected chi connectivity index (χ2v) is 9.34. The van der Waals surface area contributed by atoms with Crippen LogP contribution in [-0.2, 0) is 9.53 Å². The number of hydrogen-bond donors (Lipinski definition) is 0. The number of anilines is 1. The van der Waals surface area contributed by atoms with Crippen molar-refractivity contribution in [2.75, 3.05) is 12.0 Å². The number of methoxy groups -OCH3 is 1. The zero-order chi connectivity index (χ0) is 26.1. The van der Waals surface area contributed by atoms with E-state index in [-0.39, 0.29) is 16.5 Å². The molecule has 0 saturated carbocycles. The number of benzene rings is 3. The Morgan fingerprint density at radius 1 is 0.865 bits per heavy atom. The van der Waals surface area contributed by atoms with Crippen molar-refractivity contribution in [3.63, 3.8) is 0 Å². The summed E-state index contributed by atoms with van der Waals surface area (Å²) in [6.07, 6.45) is 3.45. The third-order valence-corrected chi connectivity index (χ3v) is 6.86. The SMILES string of the molecule is COC(=O)c1cc(N2C(=O)/C(=C/c3ccc(-c4ccc(Cl)c(Cl)c4)o3)C=C2c2ccccc2)ccc1Cl. The van der Waals surface area contributed by atoms with Gasteiger partial charge in [-0.1, -0.05) is 65.1 Å². The first kappa shape index (κ1) is 24.9. The Kier molecular flexibility index (Phi) is 6.94. The van der Waals surface area contributed by atoms with E-state index in [0.717, 1.165) is 11.1 Å². The van der Waals surface area contributed by atoms with Crippen LogP contribution in [0.15, 0.2) is 94.9 Å². The number of hydrogen-bond acceptors (Lipinski definition) is 4. The molecule has 37 heavy (non-hydrogen) atoms. The maximum atomic E-state index is 13.7. The zero-order valence-electron chi connectivity index (χ0n) is 19.4. The van der Waals surface area contributed by atoms with Gasteiger partial charge >= 0.3 is 5.97 Å². The van der Waals surface area contributed by atoms with Crippen molar-refractivity contribution >= 4 is 64.1 Å². The molecule has 1 aliphatic heterocycles. The van der Waals surface area contributed by atoms with E-state index in [1.54, 1.807) is 60.7 Å². The first-order chi connectivity index (χ1) is 17.9. The van der Waals surface area contributed by atoms with Crippen LogP contribution in [0.5, 0.6) is 0 Å². The van der Waals surface area contributed by atoms with Crippen molar-refractivity contribution in [3.8, 4) is 11.3 Å². The lowest BCUT2D eigenvalue weighted by atomic mass is 10.1. The number of ether oxygens (including phenoxy) is 1. The molecule has 0 saturated heterocycles. The summed E-state index contributed by atoms with van der Waals surface area (Å²) in [5.41, 5.74) is 3.27. The quantitative estimate of drug-likeness (QED) is 0.186. The molecule has 3 aromatic carbocycles. The summed E-state index contributed by atoms with van der Waals surface area (Å²) in [7, 11) is 1.28. The van der Waals surface area contributed by atoms with E-state index in [1.165, 1.54) is 12.0 Å². The molecule has 0 aliphatic carbocycles. The van der Waals surface area contributed by atoms with E-state index >= 15 is 0 Å². The molecule has 1 aromatic heterocycles. The molecule has 1 aliphatic rings. The number of carbonyl (C=O) groups is 2. The highest BCUT2D eigenvalue weighted by molar-refractivity contribution is 6.42. The van der Waals surface area contributed by atoms with E-state index in [9.17, 15) is 9.59 Å². The molecule has 0 unspecified atom stereocenters. The molecular formula is C29H18Cl3NO4. The molecule has 5 rings (SSSR count). The third-order valence-electron chi connectivity index (χ3n) is 5.79. The maximum Gasteiger partial charge on any atom is 0.339 e. The summed E-state index contributed by atoms with van der Waals surface area (Å²) in [6.45, 7) is 0. The van der Waals surface area contributed by atoms with Gasteiger partial charge in [-0.25, -0.2) is 4.79 Å². The number of halogens is 3. The van der Waals surface area contributed by atoms with Gasteiger partial charge in [-0.3, -0.25) is 9.69 Å². The minimum atomic E-state index is -0.593. The summed E-state index contributed by atoms with van der Waals surface area (Å²) in [5.74, 6) is 0.191. The molecule has 1 amide bonds. The number of rotatable bonds is 5. The highest BCUT2D eigenvalue weighted by Gasteiger charge is 2.31. The second kappa shape index (κ2) is 10.3. The molecule has 8 heteroatoms. The van der Waals surface area contributed by atoms with E-state index in [1.807, 2.05) is 30.3 Å².